The predicted molar refractivity (Wildman–Crippen MR) is 250 cm³/mol. The van der Waals surface area contributed by atoms with Crippen molar-refractivity contribution in [2.75, 3.05) is 56.7 Å². The largest absolute Gasteiger partial charge is 0.427 e. The Bertz CT molecular complexity index is 2380. The first-order valence-electron chi connectivity index (χ1n) is 20.5. The fourth-order valence-corrected chi connectivity index (χ4v) is 10.7. The molecule has 1 amide bonds. The highest BCUT2D eigenvalue weighted by molar-refractivity contribution is 7.99. The van der Waals surface area contributed by atoms with E-state index in [4.69, 9.17) is 23.2 Å². The maximum absolute atomic E-state index is 14.4. The van der Waals surface area contributed by atoms with Gasteiger partial charge in [0.05, 0.1) is 15.5 Å². The predicted octanol–water partition coefficient (Wildman–Crippen LogP) is 9.99. The number of alkyl halides is 3. The molecule has 0 radical (unpaired) electrons. The molecule has 1 aliphatic rings. The SMILES string of the molecule is CCC1(CC)CCC(CNCCNc2ccc(C(=O)NS(=O)(=O)c3ccc(N[C@H](CCN(C)C)CSc4ccccc4)c(S(=O)(=O)C(F)(F)Cl)c3)cc2)=C(c2ccc(Cl)cc2)C1. The van der Waals surface area contributed by atoms with Crippen molar-refractivity contribution >= 4 is 77.7 Å². The van der Waals surface area contributed by atoms with Crippen LogP contribution in [0.2, 0.25) is 5.02 Å². The second kappa shape index (κ2) is 21.8. The number of anilines is 2. The van der Waals surface area contributed by atoms with Crippen LogP contribution < -0.4 is 20.7 Å². The molecule has 5 rings (SSSR count). The molecule has 17 heteroatoms. The van der Waals surface area contributed by atoms with Gasteiger partial charge in [-0.2, -0.15) is 8.78 Å². The topological polar surface area (TPSA) is 137 Å². The zero-order chi connectivity index (χ0) is 45.1. The molecule has 0 heterocycles. The maximum atomic E-state index is 14.4. The van der Waals surface area contributed by atoms with E-state index in [0.29, 0.717) is 54.0 Å². The number of halogens is 4. The minimum atomic E-state index is -5.60. The molecule has 0 bridgehead atoms. The van der Waals surface area contributed by atoms with Crippen molar-refractivity contribution in [2.24, 2.45) is 5.41 Å². The Morgan fingerprint density at radius 1 is 0.919 bits per heavy atom. The van der Waals surface area contributed by atoms with Gasteiger partial charge in [0.25, 0.3) is 25.8 Å². The summed E-state index contributed by atoms with van der Waals surface area (Å²) >= 11 is 12.8. The van der Waals surface area contributed by atoms with E-state index in [0.717, 1.165) is 55.7 Å². The van der Waals surface area contributed by atoms with E-state index in [1.54, 1.807) is 12.1 Å². The van der Waals surface area contributed by atoms with E-state index in [1.807, 2.05) is 66.2 Å². The number of rotatable bonds is 22. The number of amides is 1. The van der Waals surface area contributed by atoms with Crippen LogP contribution in [0.5, 0.6) is 0 Å². The highest BCUT2D eigenvalue weighted by Gasteiger charge is 2.46. The summed E-state index contributed by atoms with van der Waals surface area (Å²) in [6, 6.07) is 26.0. The molecule has 1 atom stereocenters. The third-order valence-electron chi connectivity index (χ3n) is 11.3. The van der Waals surface area contributed by atoms with E-state index >= 15 is 0 Å². The lowest BCUT2D eigenvalue weighted by molar-refractivity contribution is 0.0981. The summed E-state index contributed by atoms with van der Waals surface area (Å²) in [5.41, 5.74) is 4.74. The molecular formula is C45H55Cl2F2N5O5S3. The van der Waals surface area contributed by atoms with Gasteiger partial charge in [0, 0.05) is 52.6 Å². The summed E-state index contributed by atoms with van der Waals surface area (Å²) in [6.07, 6.45) is 5.97. The maximum Gasteiger partial charge on any atom is 0.427 e. The van der Waals surface area contributed by atoms with Gasteiger partial charge in [0.1, 0.15) is 0 Å². The van der Waals surface area contributed by atoms with Crippen molar-refractivity contribution in [3.05, 3.63) is 119 Å². The van der Waals surface area contributed by atoms with Crippen LogP contribution in [0, 0.1) is 5.41 Å². The molecule has 10 nitrogen and oxygen atoms in total. The van der Waals surface area contributed by atoms with Crippen LogP contribution in [0.25, 0.3) is 5.57 Å². The van der Waals surface area contributed by atoms with Crippen molar-refractivity contribution < 1.29 is 30.4 Å². The zero-order valence-corrected chi connectivity index (χ0v) is 39.3. The van der Waals surface area contributed by atoms with E-state index in [-0.39, 0.29) is 11.3 Å². The van der Waals surface area contributed by atoms with E-state index in [1.165, 1.54) is 40.6 Å². The summed E-state index contributed by atoms with van der Waals surface area (Å²) in [5, 5.41) is 10.6. The molecule has 0 fully saturated rings. The zero-order valence-electron chi connectivity index (χ0n) is 35.3. The van der Waals surface area contributed by atoms with Crippen LogP contribution in [0.3, 0.4) is 0 Å². The Labute approximate surface area is 379 Å². The van der Waals surface area contributed by atoms with Gasteiger partial charge in [0.2, 0.25) is 0 Å². The Morgan fingerprint density at radius 3 is 2.23 bits per heavy atom. The molecule has 4 aromatic rings. The number of carbonyl (C=O) groups excluding carboxylic acids is 1. The normalized spacial score (nSPS) is 15.0. The summed E-state index contributed by atoms with van der Waals surface area (Å²) < 4.78 is 79.3. The fourth-order valence-electron chi connectivity index (χ4n) is 7.36. The Morgan fingerprint density at radius 2 is 1.60 bits per heavy atom. The number of allylic oxidation sites excluding steroid dienone is 1. The molecule has 1 aliphatic carbocycles. The number of hydrogen-bond donors (Lipinski definition) is 4. The van der Waals surface area contributed by atoms with Crippen molar-refractivity contribution in [3.63, 3.8) is 0 Å². The van der Waals surface area contributed by atoms with Gasteiger partial charge in [-0.3, -0.25) is 4.79 Å². The highest BCUT2D eigenvalue weighted by Crippen LogP contribution is 2.47. The summed E-state index contributed by atoms with van der Waals surface area (Å²) in [6.45, 7) is 7.13. The van der Waals surface area contributed by atoms with Crippen LogP contribution in [-0.2, 0) is 19.9 Å². The smallest absolute Gasteiger partial charge is 0.384 e. The number of benzene rings is 4. The van der Waals surface area contributed by atoms with Crippen molar-refractivity contribution in [3.8, 4) is 0 Å². The standard InChI is InChI=1S/C45H55Cl2F2N5O5S3/c1-5-44(6-2)24-22-34(40(29-44)32-12-16-35(46)17-13-32)30-50-25-26-51-36-18-14-33(15-19-36)43(55)53-62(58,59)39-20-21-41(42(28-39)61(56,57)45(47,48)49)52-37(23-27-54(3)4)31-60-38-10-8-7-9-11-38/h7-21,28,37,50-52H,5-6,22-27,29-31H2,1-4H3,(H,53,55)/t37-/m1/s1. The third-order valence-corrected chi connectivity index (χ3v) is 16.2. The fraction of sp³-hybridized carbons (Fsp3) is 0.400. The number of thioether (sulfide) groups is 1. The van der Waals surface area contributed by atoms with Crippen LogP contribution >= 0.6 is 35.0 Å². The number of carbonyl (C=O) groups is 1. The van der Waals surface area contributed by atoms with Crippen LogP contribution in [-0.4, -0.2) is 84.4 Å². The molecule has 4 aromatic carbocycles. The molecule has 62 heavy (non-hydrogen) atoms. The molecular weight excluding hydrogens is 896 g/mol. The first-order chi connectivity index (χ1) is 29.4. The first-order valence-corrected chi connectivity index (χ1v) is 25.2. The van der Waals surface area contributed by atoms with Crippen molar-refractivity contribution in [2.45, 2.75) is 77.8 Å². The average molecular weight is 951 g/mol. The summed E-state index contributed by atoms with van der Waals surface area (Å²) in [4.78, 5) is 14.3. The van der Waals surface area contributed by atoms with Crippen LogP contribution in [0.4, 0.5) is 20.2 Å². The average Bonchev–Trinajstić information content (AvgIpc) is 3.24. The first kappa shape index (κ1) is 49.3. The third kappa shape index (κ3) is 13.2. The molecule has 4 N–H and O–H groups in total. The number of sulfone groups is 1. The van der Waals surface area contributed by atoms with Crippen LogP contribution in [0.15, 0.2) is 117 Å². The van der Waals surface area contributed by atoms with Gasteiger partial charge in [0.15, 0.2) is 0 Å². The minimum Gasteiger partial charge on any atom is -0.384 e. The van der Waals surface area contributed by atoms with Gasteiger partial charge >= 0.3 is 4.71 Å². The number of nitrogens with zero attached hydrogens (tertiary/aromatic N) is 1. The number of sulfonamides is 1. The molecule has 0 aliphatic heterocycles. The monoisotopic (exact) mass is 949 g/mol. The summed E-state index contributed by atoms with van der Waals surface area (Å²) in [5.74, 6) is -0.568. The minimum absolute atomic E-state index is 0.00419. The Hall–Kier alpha value is -3.70. The molecule has 0 unspecified atom stereocenters. The molecule has 0 aromatic heterocycles. The molecule has 0 saturated carbocycles. The van der Waals surface area contributed by atoms with Gasteiger partial charge in [-0.1, -0.05) is 74.2 Å². The van der Waals surface area contributed by atoms with E-state index < -0.39 is 46.3 Å². The lowest BCUT2D eigenvalue weighted by atomic mass is 9.67. The van der Waals surface area contributed by atoms with Gasteiger partial charge in [-0.05, 0) is 141 Å². The second-order valence-electron chi connectivity index (χ2n) is 15.8. The van der Waals surface area contributed by atoms with Gasteiger partial charge < -0.3 is 20.9 Å². The van der Waals surface area contributed by atoms with E-state index in [9.17, 15) is 30.4 Å². The Kier molecular flexibility index (Phi) is 17.3. The van der Waals surface area contributed by atoms with Gasteiger partial charge in [-0.25, -0.2) is 21.6 Å². The number of nitrogens with one attached hydrogen (secondary N) is 4. The number of hydrogen-bond acceptors (Lipinski definition) is 10. The lowest BCUT2D eigenvalue weighted by Crippen LogP contribution is -2.32. The van der Waals surface area contributed by atoms with Gasteiger partial charge in [-0.15, -0.1) is 11.8 Å². The molecule has 0 spiro atoms. The second-order valence-corrected chi connectivity index (χ2v) is 21.6. The summed E-state index contributed by atoms with van der Waals surface area (Å²) in [7, 11) is -6.62. The van der Waals surface area contributed by atoms with Crippen molar-refractivity contribution in [1.82, 2.24) is 14.9 Å². The quantitative estimate of drug-likeness (QED) is 0.0343. The van der Waals surface area contributed by atoms with Crippen LogP contribution in [0.1, 0.15) is 68.3 Å². The molecule has 336 valence electrons. The lowest BCUT2D eigenvalue weighted by Gasteiger charge is -2.38. The van der Waals surface area contributed by atoms with Crippen molar-refractivity contribution in [1.29, 1.82) is 0 Å². The highest BCUT2D eigenvalue weighted by atomic mass is 35.5. The van der Waals surface area contributed by atoms with E-state index in [2.05, 4.69) is 41.9 Å². The molecule has 0 saturated heterocycles. The Balaban J connectivity index is 1.23.